The smallest absolute Gasteiger partial charge is 0.245 e. The summed E-state index contributed by atoms with van der Waals surface area (Å²) in [7, 11) is 0. The van der Waals surface area contributed by atoms with Gasteiger partial charge in [-0.3, -0.25) is 0 Å². The molecule has 1 fully saturated rings. The van der Waals surface area contributed by atoms with Crippen molar-refractivity contribution >= 4 is 11.6 Å². The number of nitrogens with one attached hydrogen (secondary N) is 1. The van der Waals surface area contributed by atoms with Gasteiger partial charge in [-0.05, 0) is 19.1 Å². The van der Waals surface area contributed by atoms with E-state index >= 15 is 0 Å². The number of fused-ring (bicyclic) bond motifs is 1. The first-order chi connectivity index (χ1) is 8.22. The Labute approximate surface area is 98.3 Å². The summed E-state index contributed by atoms with van der Waals surface area (Å²) in [5, 5.41) is 7.66. The fraction of sp³-hybridized carbons (Fsp3) is 0.455. The number of rotatable bonds is 1. The van der Waals surface area contributed by atoms with Crippen molar-refractivity contribution in [2.24, 2.45) is 0 Å². The summed E-state index contributed by atoms with van der Waals surface area (Å²) in [6, 6.07) is 3.46. The third-order valence-corrected chi connectivity index (χ3v) is 2.94. The Morgan fingerprint density at radius 3 is 3.18 bits per heavy atom. The van der Waals surface area contributed by atoms with E-state index in [2.05, 4.69) is 27.2 Å². The zero-order valence-electron chi connectivity index (χ0n) is 9.60. The molecule has 3 heterocycles. The van der Waals surface area contributed by atoms with Crippen LogP contribution in [-0.4, -0.2) is 40.3 Å². The van der Waals surface area contributed by atoms with Gasteiger partial charge in [0.15, 0.2) is 5.65 Å². The first kappa shape index (κ1) is 10.5. The van der Waals surface area contributed by atoms with Gasteiger partial charge in [-0.25, -0.2) is 8.91 Å². The van der Waals surface area contributed by atoms with Gasteiger partial charge in [0, 0.05) is 25.7 Å². The van der Waals surface area contributed by atoms with Crippen LogP contribution in [0.15, 0.2) is 18.3 Å². The van der Waals surface area contributed by atoms with Gasteiger partial charge in [-0.15, -0.1) is 5.10 Å². The van der Waals surface area contributed by atoms with Crippen molar-refractivity contribution < 1.29 is 4.39 Å². The number of hydrogen-bond donors (Lipinski definition) is 1. The zero-order valence-corrected chi connectivity index (χ0v) is 9.60. The van der Waals surface area contributed by atoms with E-state index in [0.29, 0.717) is 17.6 Å². The fourth-order valence-corrected chi connectivity index (χ4v) is 2.09. The van der Waals surface area contributed by atoms with Crippen LogP contribution in [0.2, 0.25) is 0 Å². The van der Waals surface area contributed by atoms with Crippen molar-refractivity contribution in [1.29, 1.82) is 0 Å². The lowest BCUT2D eigenvalue weighted by atomic mass is 10.2. The highest BCUT2D eigenvalue weighted by molar-refractivity contribution is 5.44. The second-order valence-corrected chi connectivity index (χ2v) is 4.36. The van der Waals surface area contributed by atoms with E-state index in [1.54, 1.807) is 6.07 Å². The van der Waals surface area contributed by atoms with Crippen molar-refractivity contribution in [3.63, 3.8) is 0 Å². The molecule has 0 radical (unpaired) electrons. The summed E-state index contributed by atoms with van der Waals surface area (Å²) in [4.78, 5) is 6.51. The van der Waals surface area contributed by atoms with Gasteiger partial charge < -0.3 is 10.2 Å². The second-order valence-electron chi connectivity index (χ2n) is 4.36. The maximum atomic E-state index is 13.0. The summed E-state index contributed by atoms with van der Waals surface area (Å²) in [5.41, 5.74) is 0.674. The molecular weight excluding hydrogens is 221 g/mol. The minimum atomic E-state index is -0.303. The molecule has 5 nitrogen and oxygen atoms in total. The predicted molar refractivity (Wildman–Crippen MR) is 62.6 cm³/mol. The maximum Gasteiger partial charge on any atom is 0.245 e. The van der Waals surface area contributed by atoms with Crippen LogP contribution in [-0.2, 0) is 0 Å². The average molecular weight is 235 g/mol. The van der Waals surface area contributed by atoms with Gasteiger partial charge in [-0.2, -0.15) is 4.98 Å². The van der Waals surface area contributed by atoms with Crippen molar-refractivity contribution in [3.05, 3.63) is 24.1 Å². The molecular formula is C11H14FN5. The average Bonchev–Trinajstić information content (AvgIpc) is 2.72. The third kappa shape index (κ3) is 1.95. The van der Waals surface area contributed by atoms with Gasteiger partial charge in [-0.1, -0.05) is 0 Å². The lowest BCUT2D eigenvalue weighted by Crippen LogP contribution is -2.49. The van der Waals surface area contributed by atoms with Gasteiger partial charge in [0.05, 0.1) is 6.20 Å². The number of nitrogens with zero attached hydrogens (tertiary/aromatic N) is 4. The van der Waals surface area contributed by atoms with Crippen molar-refractivity contribution in [3.8, 4) is 0 Å². The highest BCUT2D eigenvalue weighted by Gasteiger charge is 2.19. The van der Waals surface area contributed by atoms with Crippen LogP contribution >= 0.6 is 0 Å². The Kier molecular flexibility index (Phi) is 2.44. The fourth-order valence-electron chi connectivity index (χ4n) is 2.09. The summed E-state index contributed by atoms with van der Waals surface area (Å²) in [6.07, 6.45) is 1.34. The molecule has 0 bridgehead atoms. The molecule has 90 valence electrons. The van der Waals surface area contributed by atoms with Gasteiger partial charge in [0.25, 0.3) is 0 Å². The molecule has 2 aromatic rings. The molecule has 0 saturated carbocycles. The number of aromatic nitrogens is 3. The molecule has 1 N–H and O–H groups in total. The summed E-state index contributed by atoms with van der Waals surface area (Å²) in [6.45, 7) is 4.80. The monoisotopic (exact) mass is 235 g/mol. The molecule has 1 atom stereocenters. The van der Waals surface area contributed by atoms with Crippen LogP contribution < -0.4 is 10.2 Å². The van der Waals surface area contributed by atoms with Gasteiger partial charge in [0.2, 0.25) is 5.95 Å². The standard InChI is InChI=1S/C11H14FN5/c1-8-6-16(5-4-13-8)11-14-10-3-2-9(12)7-17(10)15-11/h2-3,7-8,13H,4-6H2,1H3/t8-/m0/s1. The normalized spacial score (nSPS) is 21.1. The number of anilines is 1. The second kappa shape index (κ2) is 3.96. The quantitative estimate of drug-likeness (QED) is 0.789. The lowest BCUT2D eigenvalue weighted by Gasteiger charge is -2.30. The summed E-state index contributed by atoms with van der Waals surface area (Å²) >= 11 is 0. The maximum absolute atomic E-state index is 13.0. The number of pyridine rings is 1. The molecule has 0 aromatic carbocycles. The van der Waals surface area contributed by atoms with Crippen molar-refractivity contribution in [2.45, 2.75) is 13.0 Å². The van der Waals surface area contributed by atoms with Crippen LogP contribution in [0.25, 0.3) is 5.65 Å². The summed E-state index contributed by atoms with van der Waals surface area (Å²) < 4.78 is 14.5. The molecule has 6 heteroatoms. The molecule has 0 unspecified atom stereocenters. The molecule has 17 heavy (non-hydrogen) atoms. The Hall–Kier alpha value is -1.69. The first-order valence-electron chi connectivity index (χ1n) is 5.72. The van der Waals surface area contributed by atoms with Gasteiger partial charge in [0.1, 0.15) is 5.82 Å². The van der Waals surface area contributed by atoms with Crippen LogP contribution in [0.5, 0.6) is 0 Å². The van der Waals surface area contributed by atoms with Crippen LogP contribution in [0, 0.1) is 5.82 Å². The first-order valence-corrected chi connectivity index (χ1v) is 5.72. The zero-order chi connectivity index (χ0) is 11.8. The molecule has 0 spiro atoms. The minimum Gasteiger partial charge on any atom is -0.337 e. The highest BCUT2D eigenvalue weighted by Crippen LogP contribution is 2.13. The van der Waals surface area contributed by atoms with E-state index in [-0.39, 0.29) is 5.82 Å². The number of halogens is 1. The highest BCUT2D eigenvalue weighted by atomic mass is 19.1. The topological polar surface area (TPSA) is 45.5 Å². The predicted octanol–water partition coefficient (Wildman–Crippen LogP) is 0.666. The Morgan fingerprint density at radius 1 is 1.47 bits per heavy atom. The molecule has 1 aliphatic heterocycles. The third-order valence-electron chi connectivity index (χ3n) is 2.94. The molecule has 0 amide bonds. The Morgan fingerprint density at radius 2 is 2.35 bits per heavy atom. The van der Waals surface area contributed by atoms with Crippen LogP contribution in [0.3, 0.4) is 0 Å². The van der Waals surface area contributed by atoms with E-state index in [9.17, 15) is 4.39 Å². The molecule has 2 aromatic heterocycles. The Balaban J connectivity index is 1.94. The molecule has 0 aliphatic carbocycles. The number of hydrogen-bond acceptors (Lipinski definition) is 4. The van der Waals surface area contributed by atoms with Crippen molar-refractivity contribution in [2.75, 3.05) is 24.5 Å². The van der Waals surface area contributed by atoms with Crippen LogP contribution in [0.1, 0.15) is 6.92 Å². The van der Waals surface area contributed by atoms with Crippen LogP contribution in [0.4, 0.5) is 10.3 Å². The summed E-state index contributed by atoms with van der Waals surface area (Å²) in [5.74, 6) is 0.367. The largest absolute Gasteiger partial charge is 0.337 e. The number of piperazine rings is 1. The van der Waals surface area contributed by atoms with E-state index < -0.39 is 0 Å². The van der Waals surface area contributed by atoms with Crippen molar-refractivity contribution in [1.82, 2.24) is 19.9 Å². The SMILES string of the molecule is C[C@H]1CN(c2nc3ccc(F)cn3n2)CCN1. The minimum absolute atomic E-state index is 0.303. The lowest BCUT2D eigenvalue weighted by molar-refractivity contribution is 0.479. The van der Waals surface area contributed by atoms with E-state index in [1.165, 1.54) is 16.8 Å². The van der Waals surface area contributed by atoms with Gasteiger partial charge >= 0.3 is 0 Å². The Bertz CT molecular complexity index is 538. The molecule has 1 aliphatic rings. The van der Waals surface area contributed by atoms with E-state index in [0.717, 1.165) is 19.6 Å². The van der Waals surface area contributed by atoms with E-state index in [4.69, 9.17) is 0 Å². The van der Waals surface area contributed by atoms with E-state index in [1.807, 2.05) is 0 Å². The molecule has 1 saturated heterocycles. The molecule has 3 rings (SSSR count).